The summed E-state index contributed by atoms with van der Waals surface area (Å²) in [5.41, 5.74) is 0.570. The second-order valence-corrected chi connectivity index (χ2v) is 5.39. The fourth-order valence-electron chi connectivity index (χ4n) is 1.31. The van der Waals surface area contributed by atoms with Crippen LogP contribution in [0.4, 0.5) is 0 Å². The van der Waals surface area contributed by atoms with Crippen molar-refractivity contribution in [3.8, 4) is 5.75 Å². The van der Waals surface area contributed by atoms with Gasteiger partial charge in [-0.2, -0.15) is 8.42 Å². The summed E-state index contributed by atoms with van der Waals surface area (Å²) in [6.07, 6.45) is -1.07. The van der Waals surface area contributed by atoms with Crippen LogP contribution in [0.2, 0.25) is 0 Å². The molecule has 1 aromatic rings. The number of ether oxygens (including phenoxy) is 1. The van der Waals surface area contributed by atoms with Gasteiger partial charge >= 0.3 is 41.5 Å². The number of carbonyl (C=O) groups is 2. The van der Waals surface area contributed by atoms with Gasteiger partial charge in [-0.05, 0) is 18.6 Å². The average molecular weight is 312 g/mol. The Morgan fingerprint density at radius 2 is 1.85 bits per heavy atom. The summed E-state index contributed by atoms with van der Waals surface area (Å²) in [4.78, 5) is 22.1. The number of carbonyl (C=O) groups excluding carboxylic acids is 1. The number of hydrogen-bond donors (Lipinski definition) is 2. The molecule has 0 amide bonds. The summed E-state index contributed by atoms with van der Waals surface area (Å²) >= 11 is 0. The quantitative estimate of drug-likeness (QED) is 0.339. The first kappa shape index (κ1) is 19.1. The van der Waals surface area contributed by atoms with Crippen molar-refractivity contribution in [2.24, 2.45) is 0 Å². The number of benzene rings is 1. The van der Waals surface area contributed by atoms with Gasteiger partial charge in [-0.1, -0.05) is 18.2 Å². The Hall–Kier alpha value is -0.930. The van der Waals surface area contributed by atoms with Crippen LogP contribution in [-0.4, -0.2) is 64.8 Å². The minimum atomic E-state index is -4.85. The van der Waals surface area contributed by atoms with Crippen LogP contribution in [0.1, 0.15) is 12.0 Å². The van der Waals surface area contributed by atoms with Crippen LogP contribution in [0, 0.1) is 6.92 Å². The molecule has 9 heteroatoms. The predicted octanol–water partition coefficient (Wildman–Crippen LogP) is -0.0170. The second kappa shape index (κ2) is 7.75. The van der Waals surface area contributed by atoms with Gasteiger partial charge in [0.1, 0.15) is 5.75 Å². The zero-order chi connectivity index (χ0) is 14.6. The molecule has 0 fully saturated rings. The van der Waals surface area contributed by atoms with E-state index in [1.54, 1.807) is 25.1 Å². The molecule has 2 N–H and O–H groups in total. The SMILES string of the molecule is Cc1ccccc1OC(=O)C(CC(=O)O)S(=O)(=O)O.[NaH]. The Kier molecular flexibility index (Phi) is 7.39. The Bertz CT molecular complexity index is 597. The Balaban J connectivity index is 0.00000361. The molecule has 0 heterocycles. The first-order valence-electron chi connectivity index (χ1n) is 5.17. The van der Waals surface area contributed by atoms with Gasteiger partial charge in [0.15, 0.2) is 5.25 Å². The van der Waals surface area contributed by atoms with Crippen molar-refractivity contribution in [2.45, 2.75) is 18.6 Å². The van der Waals surface area contributed by atoms with Gasteiger partial charge in [0.25, 0.3) is 10.1 Å². The van der Waals surface area contributed by atoms with E-state index in [0.717, 1.165) is 0 Å². The number of carboxylic acids is 1. The Labute approximate surface area is 138 Å². The number of carboxylic acid groups (broad SMARTS) is 1. The van der Waals surface area contributed by atoms with Gasteiger partial charge in [0, 0.05) is 0 Å². The monoisotopic (exact) mass is 312 g/mol. The summed E-state index contributed by atoms with van der Waals surface area (Å²) in [7, 11) is -4.85. The average Bonchev–Trinajstić information content (AvgIpc) is 2.27. The molecule has 20 heavy (non-hydrogen) atoms. The van der Waals surface area contributed by atoms with Gasteiger partial charge in [0.05, 0.1) is 6.42 Å². The van der Waals surface area contributed by atoms with E-state index in [9.17, 15) is 18.0 Å². The molecular formula is C11H13NaO7S. The van der Waals surface area contributed by atoms with Crippen molar-refractivity contribution in [3.05, 3.63) is 29.8 Å². The van der Waals surface area contributed by atoms with Crippen LogP contribution in [0.25, 0.3) is 0 Å². The molecule has 1 rings (SSSR count). The molecule has 0 aliphatic carbocycles. The fourth-order valence-corrected chi connectivity index (χ4v) is 1.96. The van der Waals surface area contributed by atoms with E-state index in [1.165, 1.54) is 6.07 Å². The third-order valence-electron chi connectivity index (χ3n) is 2.29. The molecule has 7 nitrogen and oxygen atoms in total. The summed E-state index contributed by atoms with van der Waals surface area (Å²) in [5.74, 6) is -2.77. The number of hydrogen-bond acceptors (Lipinski definition) is 5. The van der Waals surface area contributed by atoms with Crippen molar-refractivity contribution >= 4 is 51.6 Å². The zero-order valence-electron chi connectivity index (χ0n) is 9.94. The number of aryl methyl sites for hydroxylation is 1. The summed E-state index contributed by atoms with van der Waals surface area (Å²) in [6.45, 7) is 1.63. The van der Waals surface area contributed by atoms with Crippen LogP contribution < -0.4 is 4.74 Å². The molecule has 0 radical (unpaired) electrons. The van der Waals surface area contributed by atoms with E-state index >= 15 is 0 Å². The van der Waals surface area contributed by atoms with Gasteiger partial charge in [0.2, 0.25) is 0 Å². The van der Waals surface area contributed by atoms with Crippen molar-refractivity contribution in [1.29, 1.82) is 0 Å². The number of aliphatic carboxylic acids is 1. The third kappa shape index (κ3) is 5.59. The number of esters is 1. The van der Waals surface area contributed by atoms with Crippen LogP contribution in [0.5, 0.6) is 5.75 Å². The molecule has 0 saturated carbocycles. The normalized spacial score (nSPS) is 12.1. The van der Waals surface area contributed by atoms with E-state index in [0.29, 0.717) is 5.56 Å². The topological polar surface area (TPSA) is 118 Å². The molecule has 0 saturated heterocycles. The maximum absolute atomic E-state index is 11.6. The van der Waals surface area contributed by atoms with E-state index in [2.05, 4.69) is 0 Å². The van der Waals surface area contributed by atoms with Gasteiger partial charge in [-0.3, -0.25) is 14.1 Å². The Morgan fingerprint density at radius 3 is 2.30 bits per heavy atom. The molecule has 1 atom stereocenters. The number of rotatable bonds is 5. The minimum absolute atomic E-state index is 0. The standard InChI is InChI=1S/C11H12O7S.Na.H/c1-7-4-2-3-5-8(7)18-11(14)9(6-10(12)13)19(15,16)17;;/h2-5,9H,6H2,1H3,(H,12,13)(H,15,16,17);;. The van der Waals surface area contributed by atoms with Crippen LogP contribution in [-0.2, 0) is 19.7 Å². The molecule has 1 unspecified atom stereocenters. The molecule has 0 aromatic heterocycles. The molecule has 106 valence electrons. The van der Waals surface area contributed by atoms with Crippen molar-refractivity contribution in [3.63, 3.8) is 0 Å². The van der Waals surface area contributed by atoms with E-state index in [1.807, 2.05) is 0 Å². The zero-order valence-corrected chi connectivity index (χ0v) is 10.8. The molecule has 0 aliphatic heterocycles. The first-order chi connectivity index (χ1) is 8.71. The molecule has 1 aromatic carbocycles. The summed E-state index contributed by atoms with van der Waals surface area (Å²) in [6, 6.07) is 6.30. The van der Waals surface area contributed by atoms with Crippen LogP contribution >= 0.6 is 0 Å². The van der Waals surface area contributed by atoms with Gasteiger partial charge in [-0.15, -0.1) is 0 Å². The molecule has 0 spiro atoms. The van der Waals surface area contributed by atoms with Gasteiger partial charge < -0.3 is 9.84 Å². The van der Waals surface area contributed by atoms with E-state index in [-0.39, 0.29) is 35.3 Å². The molecule has 0 aliphatic rings. The van der Waals surface area contributed by atoms with Crippen molar-refractivity contribution in [2.75, 3.05) is 0 Å². The molecule has 0 bridgehead atoms. The molecular weight excluding hydrogens is 299 g/mol. The summed E-state index contributed by atoms with van der Waals surface area (Å²) in [5, 5.41) is 6.38. The fraction of sp³-hybridized carbons (Fsp3) is 0.273. The summed E-state index contributed by atoms with van der Waals surface area (Å²) < 4.78 is 35.6. The van der Waals surface area contributed by atoms with Crippen LogP contribution in [0.15, 0.2) is 24.3 Å². The van der Waals surface area contributed by atoms with Crippen molar-refractivity contribution in [1.82, 2.24) is 0 Å². The second-order valence-electron chi connectivity index (χ2n) is 3.79. The predicted molar refractivity (Wildman–Crippen MR) is 71.6 cm³/mol. The maximum atomic E-state index is 11.6. The Morgan fingerprint density at radius 1 is 1.30 bits per heavy atom. The van der Waals surface area contributed by atoms with E-state index in [4.69, 9.17) is 14.4 Å². The number of para-hydroxylation sites is 1. The third-order valence-corrected chi connectivity index (χ3v) is 3.36. The van der Waals surface area contributed by atoms with Crippen LogP contribution in [0.3, 0.4) is 0 Å². The van der Waals surface area contributed by atoms with Gasteiger partial charge in [-0.25, -0.2) is 0 Å². The van der Waals surface area contributed by atoms with Crippen molar-refractivity contribution < 1.29 is 32.4 Å². The van der Waals surface area contributed by atoms with E-state index < -0.39 is 33.7 Å². The first-order valence-corrected chi connectivity index (χ1v) is 6.67.